The van der Waals surface area contributed by atoms with Crippen molar-refractivity contribution in [1.82, 2.24) is 4.57 Å². The van der Waals surface area contributed by atoms with Crippen LogP contribution in [0, 0.1) is 25.2 Å². The minimum Gasteiger partial charge on any atom is -0.485 e. The lowest BCUT2D eigenvalue weighted by molar-refractivity contribution is 0.0921. The highest BCUT2D eigenvalue weighted by Gasteiger charge is 2.17. The zero-order chi connectivity index (χ0) is 17.8. The molecule has 1 aromatic heterocycles. The van der Waals surface area contributed by atoms with Gasteiger partial charge in [0.05, 0.1) is 11.6 Å². The van der Waals surface area contributed by atoms with E-state index < -0.39 is 0 Å². The molecule has 0 atom stereocenters. The summed E-state index contributed by atoms with van der Waals surface area (Å²) in [5.41, 5.74) is 4.07. The molecule has 4 heteroatoms. The molecule has 124 valence electrons. The first kappa shape index (κ1) is 16.5. The van der Waals surface area contributed by atoms with Gasteiger partial charge in [0, 0.05) is 22.6 Å². The molecule has 0 unspecified atom stereocenters. The fourth-order valence-corrected chi connectivity index (χ4v) is 2.90. The number of rotatable bonds is 5. The van der Waals surface area contributed by atoms with E-state index in [1.165, 1.54) is 0 Å². The summed E-state index contributed by atoms with van der Waals surface area (Å²) in [6.07, 6.45) is 0. The monoisotopic (exact) mass is 330 g/mol. The Hall–Kier alpha value is -3.32. The van der Waals surface area contributed by atoms with Gasteiger partial charge in [-0.25, -0.2) is 0 Å². The molecule has 0 aliphatic heterocycles. The van der Waals surface area contributed by atoms with Crippen LogP contribution in [-0.4, -0.2) is 17.0 Å². The maximum absolute atomic E-state index is 12.6. The molecular formula is C21H18N2O2. The molecule has 0 N–H and O–H groups in total. The maximum atomic E-state index is 12.6. The smallest absolute Gasteiger partial charge is 0.202 e. The number of hydrogen-bond acceptors (Lipinski definition) is 3. The van der Waals surface area contributed by atoms with Crippen molar-refractivity contribution in [2.75, 3.05) is 6.61 Å². The average Bonchev–Trinajstić information content (AvgIpc) is 2.95. The second-order valence-electron chi connectivity index (χ2n) is 5.81. The van der Waals surface area contributed by atoms with E-state index in [1.54, 1.807) is 24.3 Å². The SMILES string of the molecule is Cc1cc(C(=O)COc2cccc(C#N)c2)c(C)n1-c1ccccc1. The number of carbonyl (C=O) groups is 1. The number of ketones is 1. The minimum atomic E-state index is -0.0855. The Kier molecular flexibility index (Phi) is 4.67. The number of nitrogens with zero attached hydrogens (tertiary/aromatic N) is 2. The number of aromatic nitrogens is 1. The van der Waals surface area contributed by atoms with Crippen LogP contribution in [0.15, 0.2) is 60.7 Å². The maximum Gasteiger partial charge on any atom is 0.202 e. The van der Waals surface area contributed by atoms with Gasteiger partial charge in [-0.3, -0.25) is 4.79 Å². The van der Waals surface area contributed by atoms with Crippen LogP contribution in [0.4, 0.5) is 0 Å². The van der Waals surface area contributed by atoms with E-state index in [-0.39, 0.29) is 12.4 Å². The summed E-state index contributed by atoms with van der Waals surface area (Å²) in [6, 6.07) is 20.7. The first-order valence-corrected chi connectivity index (χ1v) is 8.00. The highest BCUT2D eigenvalue weighted by atomic mass is 16.5. The van der Waals surface area contributed by atoms with E-state index in [0.717, 1.165) is 17.1 Å². The van der Waals surface area contributed by atoms with Crippen LogP contribution in [0.5, 0.6) is 5.75 Å². The van der Waals surface area contributed by atoms with Crippen molar-refractivity contribution in [2.24, 2.45) is 0 Å². The zero-order valence-corrected chi connectivity index (χ0v) is 14.2. The van der Waals surface area contributed by atoms with Crippen LogP contribution in [0.25, 0.3) is 5.69 Å². The normalized spacial score (nSPS) is 10.3. The van der Waals surface area contributed by atoms with Crippen molar-refractivity contribution in [3.8, 4) is 17.5 Å². The van der Waals surface area contributed by atoms with Crippen LogP contribution in [-0.2, 0) is 0 Å². The molecule has 0 aliphatic rings. The highest BCUT2D eigenvalue weighted by molar-refractivity contribution is 5.98. The van der Waals surface area contributed by atoms with E-state index in [1.807, 2.05) is 50.2 Å². The van der Waals surface area contributed by atoms with E-state index in [0.29, 0.717) is 16.9 Å². The topological polar surface area (TPSA) is 55.0 Å². The zero-order valence-electron chi connectivity index (χ0n) is 14.2. The van der Waals surface area contributed by atoms with Gasteiger partial charge in [0.25, 0.3) is 0 Å². The second-order valence-corrected chi connectivity index (χ2v) is 5.81. The summed E-state index contributed by atoms with van der Waals surface area (Å²) in [5, 5.41) is 8.92. The molecule has 25 heavy (non-hydrogen) atoms. The third-order valence-electron chi connectivity index (χ3n) is 4.08. The Labute approximate surface area is 146 Å². The van der Waals surface area contributed by atoms with Crippen LogP contribution < -0.4 is 4.74 Å². The average molecular weight is 330 g/mol. The van der Waals surface area contributed by atoms with Gasteiger partial charge >= 0.3 is 0 Å². The molecule has 1 heterocycles. The van der Waals surface area contributed by atoms with Gasteiger partial charge in [0.2, 0.25) is 5.78 Å². The lowest BCUT2D eigenvalue weighted by Gasteiger charge is -2.10. The van der Waals surface area contributed by atoms with E-state index >= 15 is 0 Å². The molecule has 0 amide bonds. The van der Waals surface area contributed by atoms with Crippen molar-refractivity contribution >= 4 is 5.78 Å². The lowest BCUT2D eigenvalue weighted by atomic mass is 10.1. The van der Waals surface area contributed by atoms with E-state index in [4.69, 9.17) is 10.00 Å². The second kappa shape index (κ2) is 7.06. The molecular weight excluding hydrogens is 312 g/mol. The van der Waals surface area contributed by atoms with Gasteiger partial charge in [-0.1, -0.05) is 24.3 Å². The number of para-hydroxylation sites is 1. The fourth-order valence-electron chi connectivity index (χ4n) is 2.90. The van der Waals surface area contributed by atoms with Gasteiger partial charge in [-0.2, -0.15) is 5.26 Å². The minimum absolute atomic E-state index is 0.0615. The molecule has 0 saturated carbocycles. The fraction of sp³-hybridized carbons (Fsp3) is 0.143. The Morgan fingerprint density at radius 3 is 2.56 bits per heavy atom. The van der Waals surface area contributed by atoms with Crippen molar-refractivity contribution < 1.29 is 9.53 Å². The van der Waals surface area contributed by atoms with E-state index in [2.05, 4.69) is 10.6 Å². The number of benzene rings is 2. The predicted octanol–water partition coefficient (Wildman–Crippen LogP) is 4.23. The van der Waals surface area contributed by atoms with Gasteiger partial charge in [0.15, 0.2) is 6.61 Å². The summed E-state index contributed by atoms with van der Waals surface area (Å²) in [5.74, 6) is 0.432. The Morgan fingerprint density at radius 2 is 1.84 bits per heavy atom. The van der Waals surface area contributed by atoms with Gasteiger partial charge in [0.1, 0.15) is 5.75 Å². The molecule has 0 aliphatic carbocycles. The number of Topliss-reactive ketones (excluding diaryl/α,β-unsaturated/α-hetero) is 1. The van der Waals surface area contributed by atoms with Gasteiger partial charge < -0.3 is 9.30 Å². The predicted molar refractivity (Wildman–Crippen MR) is 96.2 cm³/mol. The van der Waals surface area contributed by atoms with Crippen LogP contribution in [0.3, 0.4) is 0 Å². The third kappa shape index (κ3) is 3.46. The molecule has 0 fully saturated rings. The van der Waals surface area contributed by atoms with Crippen LogP contribution in [0.2, 0.25) is 0 Å². The summed E-state index contributed by atoms with van der Waals surface area (Å²) in [7, 11) is 0. The Balaban J connectivity index is 1.80. The first-order valence-electron chi connectivity index (χ1n) is 8.00. The Morgan fingerprint density at radius 1 is 1.08 bits per heavy atom. The standard InChI is InChI=1S/C21H18N2O2/c1-15-11-20(16(2)23(15)18-8-4-3-5-9-18)21(24)14-25-19-10-6-7-17(12-19)13-22/h3-12H,14H2,1-2H3. The quantitative estimate of drug-likeness (QED) is 0.658. The third-order valence-corrected chi connectivity index (χ3v) is 4.08. The molecule has 0 saturated heterocycles. The molecule has 2 aromatic carbocycles. The number of ether oxygens (including phenoxy) is 1. The van der Waals surface area contributed by atoms with E-state index in [9.17, 15) is 4.79 Å². The largest absolute Gasteiger partial charge is 0.485 e. The molecule has 0 spiro atoms. The first-order chi connectivity index (χ1) is 12.1. The molecule has 0 bridgehead atoms. The summed E-state index contributed by atoms with van der Waals surface area (Å²) in [4.78, 5) is 12.6. The number of carbonyl (C=O) groups excluding carboxylic acids is 1. The molecule has 4 nitrogen and oxygen atoms in total. The number of hydrogen-bond donors (Lipinski definition) is 0. The molecule has 0 radical (unpaired) electrons. The van der Waals surface area contributed by atoms with Crippen molar-refractivity contribution in [2.45, 2.75) is 13.8 Å². The molecule has 3 rings (SSSR count). The van der Waals surface area contributed by atoms with Gasteiger partial charge in [-0.05, 0) is 50.2 Å². The Bertz CT molecular complexity index is 950. The van der Waals surface area contributed by atoms with Crippen molar-refractivity contribution in [1.29, 1.82) is 5.26 Å². The summed E-state index contributed by atoms with van der Waals surface area (Å²) in [6.45, 7) is 3.85. The summed E-state index contributed by atoms with van der Waals surface area (Å²) < 4.78 is 7.62. The highest BCUT2D eigenvalue weighted by Crippen LogP contribution is 2.21. The lowest BCUT2D eigenvalue weighted by Crippen LogP contribution is -2.12. The van der Waals surface area contributed by atoms with Crippen molar-refractivity contribution in [3.63, 3.8) is 0 Å². The van der Waals surface area contributed by atoms with Crippen molar-refractivity contribution in [3.05, 3.63) is 83.2 Å². The van der Waals surface area contributed by atoms with Crippen LogP contribution in [0.1, 0.15) is 27.3 Å². The summed E-state index contributed by atoms with van der Waals surface area (Å²) >= 11 is 0. The number of aryl methyl sites for hydroxylation is 1. The number of nitriles is 1. The molecule has 3 aromatic rings. The van der Waals surface area contributed by atoms with Crippen LogP contribution >= 0.6 is 0 Å². The van der Waals surface area contributed by atoms with Gasteiger partial charge in [-0.15, -0.1) is 0 Å².